The van der Waals surface area contributed by atoms with Gasteiger partial charge < -0.3 is 9.47 Å². The Morgan fingerprint density at radius 2 is 2.36 bits per heavy atom. The number of rotatable bonds is 2. The minimum absolute atomic E-state index is 0.151. The molecule has 1 rings (SSSR count). The van der Waals surface area contributed by atoms with E-state index in [1.807, 2.05) is 0 Å². The molecule has 4 nitrogen and oxygen atoms in total. The maximum absolute atomic E-state index is 5.07. The molecule has 0 aromatic heterocycles. The fraction of sp³-hybridized carbons (Fsp3) is 0.500. The van der Waals surface area contributed by atoms with E-state index in [0.717, 1.165) is 0 Å². The first-order valence-corrected chi connectivity index (χ1v) is 3.75. The van der Waals surface area contributed by atoms with Crippen molar-refractivity contribution in [1.29, 1.82) is 0 Å². The zero-order chi connectivity index (χ0) is 8.27. The van der Waals surface area contributed by atoms with E-state index < -0.39 is 0 Å². The Hall–Kier alpha value is -0.550. The van der Waals surface area contributed by atoms with Gasteiger partial charge in [-0.1, -0.05) is 0 Å². The molecule has 1 heterocycles. The molecule has 0 aromatic carbocycles. The Bertz CT molecular complexity index is 193. The van der Waals surface area contributed by atoms with Crippen molar-refractivity contribution >= 4 is 22.5 Å². The molecule has 0 amide bonds. The van der Waals surface area contributed by atoms with Crippen molar-refractivity contribution in [3.05, 3.63) is 12.0 Å². The Balaban J connectivity index is 2.67. The van der Waals surface area contributed by atoms with E-state index in [9.17, 15) is 0 Å². The molecule has 0 saturated carbocycles. The van der Waals surface area contributed by atoms with Crippen molar-refractivity contribution in [2.75, 3.05) is 14.2 Å². The normalized spacial score (nSPS) is 23.4. The molecule has 0 aliphatic carbocycles. The smallest absolute Gasteiger partial charge is 0.214 e. The lowest BCUT2D eigenvalue weighted by Gasteiger charge is -2.22. The number of aliphatic imine (C=N–C) groups is 1. The average molecular weight is 221 g/mol. The van der Waals surface area contributed by atoms with Crippen LogP contribution in [0.5, 0.6) is 0 Å². The first kappa shape index (κ1) is 8.55. The minimum Gasteiger partial charge on any atom is -0.481 e. The second kappa shape index (κ2) is 3.73. The van der Waals surface area contributed by atoms with Crippen LogP contribution in [0.25, 0.3) is 0 Å². The van der Waals surface area contributed by atoms with E-state index in [-0.39, 0.29) is 6.23 Å². The molecule has 0 bridgehead atoms. The molecule has 1 aliphatic heterocycles. The number of hydrogen-bond donors (Lipinski definition) is 0. The third-order valence-electron chi connectivity index (χ3n) is 1.27. The van der Waals surface area contributed by atoms with Gasteiger partial charge >= 0.3 is 0 Å². The third kappa shape index (κ3) is 1.94. The molecule has 0 fully saturated rings. The van der Waals surface area contributed by atoms with Gasteiger partial charge in [0.2, 0.25) is 5.88 Å². The third-order valence-corrected chi connectivity index (χ3v) is 1.86. The van der Waals surface area contributed by atoms with Crippen molar-refractivity contribution in [3.63, 3.8) is 0 Å². The second-order valence-corrected chi connectivity index (χ2v) is 2.74. The number of ether oxygens (including phenoxy) is 2. The maximum Gasteiger partial charge on any atom is 0.214 e. The van der Waals surface area contributed by atoms with Gasteiger partial charge in [-0.3, -0.25) is 3.93 Å². The topological polar surface area (TPSA) is 34.1 Å². The molecule has 0 saturated heterocycles. The van der Waals surface area contributed by atoms with E-state index in [2.05, 4.69) is 21.1 Å². The van der Waals surface area contributed by atoms with Crippen LogP contribution in [0.15, 0.2) is 17.0 Å². The number of methoxy groups -OCH3 is 2. The van der Waals surface area contributed by atoms with Crippen molar-refractivity contribution < 1.29 is 9.47 Å². The fourth-order valence-corrected chi connectivity index (χ4v) is 1.08. The van der Waals surface area contributed by atoms with Crippen LogP contribution in [-0.2, 0) is 9.47 Å². The van der Waals surface area contributed by atoms with E-state index in [4.69, 9.17) is 9.47 Å². The zero-order valence-electron chi connectivity index (χ0n) is 6.32. The molecule has 1 atom stereocenters. The number of nitrogens with zero attached hydrogens (tertiary/aromatic N) is 2. The molecule has 62 valence electrons. The summed E-state index contributed by atoms with van der Waals surface area (Å²) in [5.41, 5.74) is 0. The summed E-state index contributed by atoms with van der Waals surface area (Å²) < 4.78 is 11.6. The van der Waals surface area contributed by atoms with Crippen LogP contribution in [0.1, 0.15) is 0 Å². The monoisotopic (exact) mass is 220 g/mol. The Kier molecular flexibility index (Phi) is 2.90. The lowest BCUT2D eigenvalue weighted by atomic mass is 10.5. The standard InChI is InChI=1S/C6H9BrN2O2/c1-10-5-3-6(11-2)9(7)4-8-5/h3-4,6H,1-2H3. The van der Waals surface area contributed by atoms with Crippen molar-refractivity contribution in [2.24, 2.45) is 4.99 Å². The summed E-state index contributed by atoms with van der Waals surface area (Å²) >= 11 is 3.23. The van der Waals surface area contributed by atoms with Gasteiger partial charge in [0.1, 0.15) is 6.34 Å². The molecule has 5 heteroatoms. The van der Waals surface area contributed by atoms with Crippen LogP contribution in [0.4, 0.5) is 0 Å². The molecule has 0 spiro atoms. The van der Waals surface area contributed by atoms with Crippen LogP contribution < -0.4 is 0 Å². The van der Waals surface area contributed by atoms with Gasteiger partial charge in [0.25, 0.3) is 0 Å². The van der Waals surface area contributed by atoms with Gasteiger partial charge in [-0.15, -0.1) is 0 Å². The summed E-state index contributed by atoms with van der Waals surface area (Å²) in [5, 5.41) is 0. The fourth-order valence-electron chi connectivity index (χ4n) is 0.703. The van der Waals surface area contributed by atoms with Crippen molar-refractivity contribution in [3.8, 4) is 0 Å². The molecular formula is C6H9BrN2O2. The second-order valence-electron chi connectivity index (χ2n) is 1.92. The predicted octanol–water partition coefficient (Wildman–Crippen LogP) is 1.10. The van der Waals surface area contributed by atoms with Gasteiger partial charge in [0.05, 0.1) is 23.3 Å². The molecule has 1 aliphatic rings. The van der Waals surface area contributed by atoms with Crippen LogP contribution >= 0.6 is 16.1 Å². The Labute approximate surface area is 73.8 Å². The molecule has 1 unspecified atom stereocenters. The summed E-state index contributed by atoms with van der Waals surface area (Å²) in [4.78, 5) is 3.94. The molecule has 0 N–H and O–H groups in total. The van der Waals surface area contributed by atoms with Gasteiger partial charge in [-0.25, -0.2) is 4.99 Å². The van der Waals surface area contributed by atoms with E-state index in [1.54, 1.807) is 30.6 Å². The molecule has 0 aromatic rings. The van der Waals surface area contributed by atoms with Crippen LogP contribution in [0.2, 0.25) is 0 Å². The van der Waals surface area contributed by atoms with Crippen LogP contribution in [0, 0.1) is 0 Å². The first-order chi connectivity index (χ1) is 5.27. The van der Waals surface area contributed by atoms with Gasteiger partial charge in [0, 0.05) is 13.2 Å². The zero-order valence-corrected chi connectivity index (χ0v) is 7.91. The highest BCUT2D eigenvalue weighted by Gasteiger charge is 2.15. The van der Waals surface area contributed by atoms with Crippen LogP contribution in [0.3, 0.4) is 0 Å². The predicted molar refractivity (Wildman–Crippen MR) is 45.1 cm³/mol. The quantitative estimate of drug-likeness (QED) is 0.654. The van der Waals surface area contributed by atoms with E-state index in [1.165, 1.54) is 0 Å². The summed E-state index contributed by atoms with van der Waals surface area (Å²) in [7, 11) is 3.18. The van der Waals surface area contributed by atoms with Gasteiger partial charge in [-0.05, 0) is 0 Å². The summed E-state index contributed by atoms with van der Waals surface area (Å²) in [5.74, 6) is 0.563. The van der Waals surface area contributed by atoms with E-state index in [0.29, 0.717) is 5.88 Å². The summed E-state index contributed by atoms with van der Waals surface area (Å²) in [6.45, 7) is 0. The highest BCUT2D eigenvalue weighted by molar-refractivity contribution is 9.07. The first-order valence-electron chi connectivity index (χ1n) is 3.05. The van der Waals surface area contributed by atoms with Gasteiger partial charge in [-0.2, -0.15) is 0 Å². The molecule has 11 heavy (non-hydrogen) atoms. The average Bonchev–Trinajstić information content (AvgIpc) is 2.05. The largest absolute Gasteiger partial charge is 0.481 e. The summed E-state index contributed by atoms with van der Waals surface area (Å²) in [6.07, 6.45) is 3.20. The number of halogens is 1. The van der Waals surface area contributed by atoms with Crippen molar-refractivity contribution in [1.82, 2.24) is 3.93 Å². The Morgan fingerprint density at radius 3 is 2.91 bits per heavy atom. The lowest BCUT2D eigenvalue weighted by molar-refractivity contribution is 0.0866. The summed E-state index contributed by atoms with van der Waals surface area (Å²) in [6, 6.07) is 0. The van der Waals surface area contributed by atoms with Crippen molar-refractivity contribution in [2.45, 2.75) is 6.23 Å². The Morgan fingerprint density at radius 1 is 1.64 bits per heavy atom. The maximum atomic E-state index is 5.07. The number of hydrogen-bond acceptors (Lipinski definition) is 4. The SMILES string of the molecule is COC1=CC(OC)N(Br)C=N1. The minimum atomic E-state index is -0.151. The highest BCUT2D eigenvalue weighted by atomic mass is 79.9. The van der Waals surface area contributed by atoms with E-state index >= 15 is 0 Å². The van der Waals surface area contributed by atoms with Gasteiger partial charge in [0.15, 0.2) is 6.23 Å². The molecular weight excluding hydrogens is 212 g/mol. The lowest BCUT2D eigenvalue weighted by Crippen LogP contribution is -2.28. The highest BCUT2D eigenvalue weighted by Crippen LogP contribution is 2.14. The van der Waals surface area contributed by atoms with Crippen LogP contribution in [-0.4, -0.2) is 30.7 Å². The molecule has 0 radical (unpaired) electrons.